The molecule has 1 aliphatic heterocycles. The van der Waals surface area contributed by atoms with Crippen molar-refractivity contribution in [2.24, 2.45) is 7.05 Å². The number of benzene rings is 1. The molecular weight excluding hydrogens is 453 g/mol. The number of morpholine rings is 1. The normalized spacial score (nSPS) is 14.2. The number of pyridine rings is 1. The maximum atomic E-state index is 15.5. The van der Waals surface area contributed by atoms with Crippen LogP contribution in [-0.4, -0.2) is 61.0 Å². The number of hydrogen-bond donors (Lipinski definition) is 3. The van der Waals surface area contributed by atoms with E-state index in [2.05, 4.69) is 35.3 Å². The van der Waals surface area contributed by atoms with Gasteiger partial charge in [-0.2, -0.15) is 5.10 Å². The number of H-pyrrole nitrogens is 2. The van der Waals surface area contributed by atoms with Gasteiger partial charge in [0, 0.05) is 38.7 Å². The van der Waals surface area contributed by atoms with Gasteiger partial charge in [-0.15, -0.1) is 0 Å². The lowest BCUT2D eigenvalue weighted by atomic mass is 10.2. The number of nitrogens with one attached hydrogen (secondary N) is 3. The molecule has 5 aromatic rings. The first kappa shape index (κ1) is 21.2. The molecule has 0 bridgehead atoms. The molecule has 12 heteroatoms. The van der Waals surface area contributed by atoms with E-state index in [0.717, 1.165) is 0 Å². The van der Waals surface area contributed by atoms with E-state index >= 15 is 4.39 Å². The average molecular weight is 475 g/mol. The van der Waals surface area contributed by atoms with Crippen molar-refractivity contribution in [3.8, 4) is 11.4 Å². The molecule has 5 heterocycles. The van der Waals surface area contributed by atoms with Crippen LogP contribution in [0.1, 0.15) is 5.82 Å². The van der Waals surface area contributed by atoms with Crippen LogP contribution in [0.25, 0.3) is 33.5 Å². The minimum Gasteiger partial charge on any atom is -0.378 e. The number of halogens is 1. The highest BCUT2D eigenvalue weighted by molar-refractivity contribution is 5.96. The van der Waals surface area contributed by atoms with Crippen LogP contribution >= 0.6 is 0 Å². The first-order valence-electron chi connectivity index (χ1n) is 11.2. The zero-order valence-electron chi connectivity index (χ0n) is 18.9. The van der Waals surface area contributed by atoms with Crippen molar-refractivity contribution >= 4 is 33.4 Å². The number of fused-ring (bicyclic) bond motifs is 2. The van der Waals surface area contributed by atoms with Crippen molar-refractivity contribution < 1.29 is 9.13 Å². The third-order valence-corrected chi connectivity index (χ3v) is 5.99. The van der Waals surface area contributed by atoms with E-state index in [9.17, 15) is 4.79 Å². The van der Waals surface area contributed by atoms with E-state index in [1.807, 2.05) is 4.90 Å². The van der Waals surface area contributed by atoms with E-state index in [0.29, 0.717) is 60.1 Å². The number of ether oxygens (including phenoxy) is 1. The van der Waals surface area contributed by atoms with Gasteiger partial charge in [0.2, 0.25) is 0 Å². The van der Waals surface area contributed by atoms with Gasteiger partial charge in [0.05, 0.1) is 42.2 Å². The zero-order valence-corrected chi connectivity index (χ0v) is 18.9. The molecule has 11 nitrogen and oxygen atoms in total. The summed E-state index contributed by atoms with van der Waals surface area (Å²) in [6.07, 6.45) is 5.01. The fourth-order valence-electron chi connectivity index (χ4n) is 4.37. The number of hydrogen-bond acceptors (Lipinski definition) is 8. The lowest BCUT2D eigenvalue weighted by Gasteiger charge is -2.29. The number of anilines is 2. The molecular formula is C23H22FN9O2. The Labute approximate surface area is 198 Å². The Balaban J connectivity index is 1.48. The molecule has 1 aliphatic rings. The molecule has 0 aliphatic carbocycles. The van der Waals surface area contributed by atoms with E-state index < -0.39 is 5.82 Å². The molecule has 1 fully saturated rings. The molecule has 0 atom stereocenters. The number of imidazole rings is 1. The van der Waals surface area contributed by atoms with Crippen LogP contribution in [0.3, 0.4) is 0 Å². The van der Waals surface area contributed by atoms with E-state index in [1.165, 1.54) is 0 Å². The van der Waals surface area contributed by atoms with Crippen LogP contribution in [0.4, 0.5) is 15.8 Å². The summed E-state index contributed by atoms with van der Waals surface area (Å²) in [7, 11) is 1.77. The van der Waals surface area contributed by atoms with Gasteiger partial charge >= 0.3 is 0 Å². The first-order chi connectivity index (χ1) is 17.1. The Morgan fingerprint density at radius 2 is 1.91 bits per heavy atom. The predicted molar refractivity (Wildman–Crippen MR) is 129 cm³/mol. The summed E-state index contributed by atoms with van der Waals surface area (Å²) in [6, 6.07) is 5.23. The van der Waals surface area contributed by atoms with E-state index in [-0.39, 0.29) is 29.0 Å². The third kappa shape index (κ3) is 3.77. The SMILES string of the molecule is Cn1cc2[nH]c(=O)c(-c3nc4c(F)c(N5CCOCC5)ccc4[nH]3)c(NCc3ncccn3)c2n1. The molecule has 0 saturated carbocycles. The van der Waals surface area contributed by atoms with Crippen LogP contribution in [-0.2, 0) is 18.3 Å². The highest BCUT2D eigenvalue weighted by Gasteiger charge is 2.23. The topological polar surface area (TPSA) is 130 Å². The summed E-state index contributed by atoms with van der Waals surface area (Å²) in [5.41, 5.74) is 2.56. The number of aryl methyl sites for hydroxylation is 1. The van der Waals surface area contributed by atoms with Crippen LogP contribution in [0.15, 0.2) is 41.6 Å². The number of rotatable bonds is 5. The van der Waals surface area contributed by atoms with Crippen LogP contribution < -0.4 is 15.8 Å². The largest absolute Gasteiger partial charge is 0.378 e. The minimum atomic E-state index is -0.436. The predicted octanol–water partition coefficient (Wildman–Crippen LogP) is 2.18. The van der Waals surface area contributed by atoms with Gasteiger partial charge in [-0.1, -0.05) is 0 Å². The maximum Gasteiger partial charge on any atom is 0.261 e. The van der Waals surface area contributed by atoms with E-state index in [1.54, 1.807) is 48.5 Å². The molecule has 178 valence electrons. The summed E-state index contributed by atoms with van der Waals surface area (Å²) < 4.78 is 22.5. The summed E-state index contributed by atoms with van der Waals surface area (Å²) in [5.74, 6) is 0.353. The van der Waals surface area contributed by atoms with Crippen LogP contribution in [0.5, 0.6) is 0 Å². The molecule has 1 saturated heterocycles. The molecule has 0 unspecified atom stereocenters. The monoisotopic (exact) mass is 475 g/mol. The third-order valence-electron chi connectivity index (χ3n) is 5.99. The Morgan fingerprint density at radius 1 is 1.11 bits per heavy atom. The van der Waals surface area contributed by atoms with Crippen molar-refractivity contribution in [2.45, 2.75) is 6.54 Å². The second-order valence-electron chi connectivity index (χ2n) is 8.27. The van der Waals surface area contributed by atoms with Crippen molar-refractivity contribution in [1.29, 1.82) is 0 Å². The summed E-state index contributed by atoms with van der Waals surface area (Å²) in [6.45, 7) is 2.56. The number of nitrogens with zero attached hydrogens (tertiary/aromatic N) is 6. The maximum absolute atomic E-state index is 15.5. The van der Waals surface area contributed by atoms with Crippen molar-refractivity contribution in [3.05, 3.63) is 58.8 Å². The lowest BCUT2D eigenvalue weighted by Crippen LogP contribution is -2.36. The quantitative estimate of drug-likeness (QED) is 0.353. The zero-order chi connectivity index (χ0) is 23.9. The van der Waals surface area contributed by atoms with E-state index in [4.69, 9.17) is 4.74 Å². The van der Waals surface area contributed by atoms with Gasteiger partial charge in [0.25, 0.3) is 5.56 Å². The molecule has 0 radical (unpaired) electrons. The highest BCUT2D eigenvalue weighted by atomic mass is 19.1. The smallest absolute Gasteiger partial charge is 0.261 e. The Kier molecular flexibility index (Phi) is 5.14. The molecule has 6 rings (SSSR count). The molecule has 0 amide bonds. The average Bonchev–Trinajstić information content (AvgIpc) is 3.47. The minimum absolute atomic E-state index is 0.168. The van der Waals surface area contributed by atoms with Gasteiger partial charge < -0.3 is 24.9 Å². The van der Waals surface area contributed by atoms with Crippen molar-refractivity contribution in [2.75, 3.05) is 36.5 Å². The van der Waals surface area contributed by atoms with Gasteiger partial charge in [-0.05, 0) is 18.2 Å². The van der Waals surface area contributed by atoms with Crippen LogP contribution in [0.2, 0.25) is 0 Å². The summed E-state index contributed by atoms with van der Waals surface area (Å²) in [5, 5.41) is 7.76. The number of aromatic amines is 2. The highest BCUT2D eigenvalue weighted by Crippen LogP contribution is 2.33. The second kappa shape index (κ2) is 8.47. The molecule has 3 N–H and O–H groups in total. The Bertz CT molecular complexity index is 1590. The van der Waals surface area contributed by atoms with Gasteiger partial charge in [-0.3, -0.25) is 9.48 Å². The van der Waals surface area contributed by atoms with Crippen molar-refractivity contribution in [1.82, 2.24) is 34.7 Å². The lowest BCUT2D eigenvalue weighted by molar-refractivity contribution is 0.122. The Hall–Kier alpha value is -4.32. The number of aromatic nitrogens is 7. The molecule has 4 aromatic heterocycles. The second-order valence-corrected chi connectivity index (χ2v) is 8.27. The summed E-state index contributed by atoms with van der Waals surface area (Å²) >= 11 is 0. The standard InChI is InChI=1S/C23H22FN9O2/c1-32-12-14-20(31-32)21(27-11-16-25-5-2-6-26-16)17(23(34)29-14)22-28-13-3-4-15(18(24)19(13)30-22)33-7-9-35-10-8-33/h2-6,12,27H,7-11H2,1H3,(H,28,30)(H,29,34). The first-order valence-corrected chi connectivity index (χ1v) is 11.2. The molecule has 0 spiro atoms. The molecule has 35 heavy (non-hydrogen) atoms. The van der Waals surface area contributed by atoms with Crippen molar-refractivity contribution in [3.63, 3.8) is 0 Å². The fraction of sp³-hybridized carbons (Fsp3) is 0.261. The van der Waals surface area contributed by atoms with Gasteiger partial charge in [0.15, 0.2) is 5.82 Å². The summed E-state index contributed by atoms with van der Waals surface area (Å²) in [4.78, 5) is 34.1. The van der Waals surface area contributed by atoms with Gasteiger partial charge in [0.1, 0.15) is 28.2 Å². The van der Waals surface area contributed by atoms with Gasteiger partial charge in [-0.25, -0.2) is 19.3 Å². The fourth-order valence-corrected chi connectivity index (χ4v) is 4.37. The van der Waals surface area contributed by atoms with Crippen LogP contribution in [0, 0.1) is 5.82 Å². The Morgan fingerprint density at radius 3 is 2.71 bits per heavy atom. The molecule has 1 aromatic carbocycles.